The van der Waals surface area contributed by atoms with Crippen molar-refractivity contribution in [1.29, 1.82) is 0 Å². The van der Waals surface area contributed by atoms with Gasteiger partial charge in [0.1, 0.15) is 5.69 Å². The van der Waals surface area contributed by atoms with Crippen LogP contribution in [0.2, 0.25) is 0 Å². The van der Waals surface area contributed by atoms with Crippen molar-refractivity contribution in [3.8, 4) is 0 Å². The van der Waals surface area contributed by atoms with Gasteiger partial charge in [0.15, 0.2) is 5.78 Å². The Balaban J connectivity index is 1.79. The Morgan fingerprint density at radius 3 is 2.95 bits per heavy atom. The average molecular weight is 276 g/mol. The van der Waals surface area contributed by atoms with Crippen molar-refractivity contribution >= 4 is 5.78 Å². The number of aryl methyl sites for hydroxylation is 2. The third-order valence-corrected chi connectivity index (χ3v) is 4.83. The lowest BCUT2D eigenvalue weighted by Crippen LogP contribution is -2.40. The molecular formula is C16H24N2O2. The summed E-state index contributed by atoms with van der Waals surface area (Å²) in [6, 6.07) is 1.93. The first kappa shape index (κ1) is 13.8. The highest BCUT2D eigenvalue weighted by molar-refractivity contribution is 5.96. The number of hydrogen-bond donors (Lipinski definition) is 0. The lowest BCUT2D eigenvalue weighted by molar-refractivity contribution is -0.0867. The molecule has 1 aliphatic carbocycles. The topological polar surface area (TPSA) is 44.1 Å². The smallest absolute Gasteiger partial charge is 0.184 e. The van der Waals surface area contributed by atoms with E-state index in [2.05, 4.69) is 5.10 Å². The molecule has 1 saturated heterocycles. The van der Waals surface area contributed by atoms with Crippen LogP contribution in [0.4, 0.5) is 0 Å². The van der Waals surface area contributed by atoms with Crippen LogP contribution in [0.25, 0.3) is 0 Å². The van der Waals surface area contributed by atoms with Gasteiger partial charge < -0.3 is 4.74 Å². The zero-order valence-corrected chi connectivity index (χ0v) is 12.5. The number of rotatable bonds is 3. The second-order valence-corrected chi connectivity index (χ2v) is 6.28. The summed E-state index contributed by atoms with van der Waals surface area (Å²) in [5.41, 5.74) is 1.72. The lowest BCUT2D eigenvalue weighted by Gasteiger charge is -2.37. The van der Waals surface area contributed by atoms with Gasteiger partial charge in [0.2, 0.25) is 0 Å². The van der Waals surface area contributed by atoms with E-state index in [1.165, 1.54) is 12.8 Å². The summed E-state index contributed by atoms with van der Waals surface area (Å²) in [6.45, 7) is 5.47. The van der Waals surface area contributed by atoms with Crippen LogP contribution in [-0.4, -0.2) is 27.8 Å². The summed E-state index contributed by atoms with van der Waals surface area (Å²) in [7, 11) is 0. The van der Waals surface area contributed by atoms with Crippen molar-refractivity contribution in [1.82, 2.24) is 9.78 Å². The fourth-order valence-corrected chi connectivity index (χ4v) is 3.81. The number of carbonyl (C=O) groups excluding carboxylic acids is 1. The van der Waals surface area contributed by atoms with Gasteiger partial charge in [-0.1, -0.05) is 12.8 Å². The van der Waals surface area contributed by atoms with E-state index in [9.17, 15) is 4.79 Å². The number of carbonyl (C=O) groups is 1. The monoisotopic (exact) mass is 276 g/mol. The molecule has 2 heterocycles. The van der Waals surface area contributed by atoms with E-state index >= 15 is 0 Å². The second kappa shape index (κ2) is 5.32. The SMILES string of the molecule is CCn1nc(C)cc1C(=O)C1CCOC2(CCCC2)C1. The average Bonchev–Trinajstić information content (AvgIpc) is 3.05. The summed E-state index contributed by atoms with van der Waals surface area (Å²) >= 11 is 0. The van der Waals surface area contributed by atoms with E-state index in [0.717, 1.165) is 50.2 Å². The number of ketones is 1. The largest absolute Gasteiger partial charge is 0.375 e. The first-order chi connectivity index (χ1) is 9.63. The van der Waals surface area contributed by atoms with E-state index in [1.807, 2.05) is 24.6 Å². The molecule has 0 N–H and O–H groups in total. The predicted octanol–water partition coefficient (Wildman–Crippen LogP) is 3.13. The molecule has 0 bridgehead atoms. The number of Topliss-reactive ketones (excluding diaryl/α,β-unsaturated/α-hetero) is 1. The zero-order chi connectivity index (χ0) is 14.2. The molecule has 110 valence electrons. The maximum absolute atomic E-state index is 12.8. The molecule has 0 radical (unpaired) electrons. The molecule has 20 heavy (non-hydrogen) atoms. The molecule has 1 atom stereocenters. The first-order valence-electron chi connectivity index (χ1n) is 7.86. The van der Waals surface area contributed by atoms with Gasteiger partial charge in [-0.2, -0.15) is 5.10 Å². The molecule has 1 spiro atoms. The van der Waals surface area contributed by atoms with Gasteiger partial charge >= 0.3 is 0 Å². The van der Waals surface area contributed by atoms with Gasteiger partial charge in [0.05, 0.1) is 11.3 Å². The molecule has 4 heteroatoms. The van der Waals surface area contributed by atoms with E-state index < -0.39 is 0 Å². The molecule has 1 aromatic heterocycles. The molecule has 3 rings (SSSR count). The summed E-state index contributed by atoms with van der Waals surface area (Å²) in [4.78, 5) is 12.8. The molecule has 1 aromatic rings. The fraction of sp³-hybridized carbons (Fsp3) is 0.750. The summed E-state index contributed by atoms with van der Waals surface area (Å²) in [6.07, 6.45) is 6.50. The van der Waals surface area contributed by atoms with Gasteiger partial charge in [-0.3, -0.25) is 9.48 Å². The van der Waals surface area contributed by atoms with Crippen molar-refractivity contribution in [2.45, 2.75) is 64.5 Å². The van der Waals surface area contributed by atoms with Crippen LogP contribution < -0.4 is 0 Å². The van der Waals surface area contributed by atoms with Gasteiger partial charge in [0, 0.05) is 19.1 Å². The highest BCUT2D eigenvalue weighted by Crippen LogP contribution is 2.42. The lowest BCUT2D eigenvalue weighted by atomic mass is 9.81. The van der Waals surface area contributed by atoms with Crippen molar-refractivity contribution in [3.63, 3.8) is 0 Å². The van der Waals surface area contributed by atoms with Gasteiger partial charge in [0.25, 0.3) is 0 Å². The fourth-order valence-electron chi connectivity index (χ4n) is 3.81. The van der Waals surface area contributed by atoms with Crippen LogP contribution in [0.15, 0.2) is 6.07 Å². The zero-order valence-electron chi connectivity index (χ0n) is 12.5. The van der Waals surface area contributed by atoms with Crippen LogP contribution in [0, 0.1) is 12.8 Å². The molecule has 0 aromatic carbocycles. The Kier molecular flexibility index (Phi) is 3.67. The number of nitrogens with zero attached hydrogens (tertiary/aromatic N) is 2. The highest BCUT2D eigenvalue weighted by atomic mass is 16.5. The molecule has 2 aliphatic rings. The molecule has 1 unspecified atom stereocenters. The van der Waals surface area contributed by atoms with Crippen LogP contribution in [0.5, 0.6) is 0 Å². The number of ether oxygens (including phenoxy) is 1. The number of hydrogen-bond acceptors (Lipinski definition) is 3. The quantitative estimate of drug-likeness (QED) is 0.797. The molecule has 2 fully saturated rings. The maximum atomic E-state index is 12.8. The van der Waals surface area contributed by atoms with Crippen molar-refractivity contribution in [2.24, 2.45) is 5.92 Å². The molecule has 1 saturated carbocycles. The van der Waals surface area contributed by atoms with Crippen molar-refractivity contribution in [3.05, 3.63) is 17.5 Å². The van der Waals surface area contributed by atoms with Crippen LogP contribution in [-0.2, 0) is 11.3 Å². The van der Waals surface area contributed by atoms with Gasteiger partial charge in [-0.25, -0.2) is 0 Å². The van der Waals surface area contributed by atoms with Crippen molar-refractivity contribution < 1.29 is 9.53 Å². The minimum atomic E-state index is 0.00465. The third-order valence-electron chi connectivity index (χ3n) is 4.83. The second-order valence-electron chi connectivity index (χ2n) is 6.28. The predicted molar refractivity (Wildman–Crippen MR) is 76.8 cm³/mol. The Bertz CT molecular complexity index is 501. The van der Waals surface area contributed by atoms with Crippen LogP contribution in [0.3, 0.4) is 0 Å². The Hall–Kier alpha value is -1.16. The Labute approximate surface area is 120 Å². The third kappa shape index (κ3) is 2.41. The van der Waals surface area contributed by atoms with Crippen LogP contribution in [0.1, 0.15) is 61.6 Å². The minimum Gasteiger partial charge on any atom is -0.375 e. The van der Waals surface area contributed by atoms with E-state index in [1.54, 1.807) is 0 Å². The Morgan fingerprint density at radius 1 is 1.50 bits per heavy atom. The molecule has 1 aliphatic heterocycles. The summed E-state index contributed by atoms with van der Waals surface area (Å²) in [5, 5.41) is 4.40. The standard InChI is InChI=1S/C16H24N2O2/c1-3-18-14(10-12(2)17-18)15(19)13-6-9-20-16(11-13)7-4-5-8-16/h10,13H,3-9,11H2,1-2H3. The van der Waals surface area contributed by atoms with E-state index in [0.29, 0.717) is 0 Å². The Morgan fingerprint density at radius 2 is 2.25 bits per heavy atom. The van der Waals surface area contributed by atoms with Crippen molar-refractivity contribution in [2.75, 3.05) is 6.61 Å². The van der Waals surface area contributed by atoms with Gasteiger partial charge in [-0.15, -0.1) is 0 Å². The highest BCUT2D eigenvalue weighted by Gasteiger charge is 2.42. The number of aromatic nitrogens is 2. The van der Waals surface area contributed by atoms with E-state index in [4.69, 9.17) is 4.74 Å². The maximum Gasteiger partial charge on any atom is 0.184 e. The normalized spacial score (nSPS) is 25.2. The van der Waals surface area contributed by atoms with Gasteiger partial charge in [-0.05, 0) is 45.6 Å². The molecule has 0 amide bonds. The molecule has 4 nitrogen and oxygen atoms in total. The van der Waals surface area contributed by atoms with Crippen LogP contribution >= 0.6 is 0 Å². The summed E-state index contributed by atoms with van der Waals surface area (Å²) in [5.74, 6) is 0.380. The first-order valence-corrected chi connectivity index (χ1v) is 7.86. The summed E-state index contributed by atoms with van der Waals surface area (Å²) < 4.78 is 7.87. The van der Waals surface area contributed by atoms with E-state index in [-0.39, 0.29) is 17.3 Å². The minimum absolute atomic E-state index is 0.00465. The molecular weight excluding hydrogens is 252 g/mol.